The summed E-state index contributed by atoms with van der Waals surface area (Å²) in [5.41, 5.74) is 1.89. The lowest BCUT2D eigenvalue weighted by Gasteiger charge is -2.34. The lowest BCUT2D eigenvalue weighted by Crippen LogP contribution is -2.47. The summed E-state index contributed by atoms with van der Waals surface area (Å²) in [7, 11) is 3.96. The number of piperidine rings is 1. The predicted molar refractivity (Wildman–Crippen MR) is 99.8 cm³/mol. The molecule has 0 aromatic heterocycles. The highest BCUT2D eigenvalue weighted by Gasteiger charge is 2.30. The molecular formula is C19H29N3O3. The molecule has 0 bridgehead atoms. The second-order valence-electron chi connectivity index (χ2n) is 6.67. The summed E-state index contributed by atoms with van der Waals surface area (Å²) in [5.74, 6) is -0.169. The van der Waals surface area contributed by atoms with Gasteiger partial charge in [0.2, 0.25) is 5.91 Å². The first-order valence-corrected chi connectivity index (χ1v) is 8.91. The zero-order chi connectivity index (χ0) is 18.4. The summed E-state index contributed by atoms with van der Waals surface area (Å²) in [4.78, 5) is 28.4. The molecule has 0 spiro atoms. The Labute approximate surface area is 150 Å². The number of nitrogens with one attached hydrogen (secondary N) is 1. The number of carbonyl (C=O) groups excluding carboxylic acids is 2. The van der Waals surface area contributed by atoms with Crippen LogP contribution in [0.4, 0.5) is 11.4 Å². The Kier molecular flexibility index (Phi) is 6.82. The van der Waals surface area contributed by atoms with Crippen LogP contribution >= 0.6 is 0 Å². The van der Waals surface area contributed by atoms with Gasteiger partial charge in [0, 0.05) is 25.5 Å². The van der Waals surface area contributed by atoms with Gasteiger partial charge in [-0.25, -0.2) is 0 Å². The molecule has 0 saturated carbocycles. The molecule has 2 rings (SSSR count). The fourth-order valence-electron chi connectivity index (χ4n) is 3.04. The Morgan fingerprint density at radius 3 is 2.36 bits per heavy atom. The minimum absolute atomic E-state index is 0.0211. The fraction of sp³-hybridized carbons (Fsp3) is 0.579. The van der Waals surface area contributed by atoms with Crippen molar-refractivity contribution < 1.29 is 14.3 Å². The van der Waals surface area contributed by atoms with Crippen molar-refractivity contribution in [2.24, 2.45) is 5.92 Å². The summed E-state index contributed by atoms with van der Waals surface area (Å²) in [5, 5.41) is 2.97. The van der Waals surface area contributed by atoms with Gasteiger partial charge in [-0.1, -0.05) is 0 Å². The zero-order valence-electron chi connectivity index (χ0n) is 15.6. The van der Waals surface area contributed by atoms with E-state index in [-0.39, 0.29) is 23.8 Å². The van der Waals surface area contributed by atoms with Crippen LogP contribution in [-0.4, -0.2) is 56.6 Å². The molecule has 1 atom stereocenters. The summed E-state index contributed by atoms with van der Waals surface area (Å²) in [6.45, 7) is 5.62. The predicted octanol–water partition coefficient (Wildman–Crippen LogP) is 2.35. The van der Waals surface area contributed by atoms with Crippen molar-refractivity contribution in [3.63, 3.8) is 0 Å². The van der Waals surface area contributed by atoms with Crippen molar-refractivity contribution in [1.82, 2.24) is 4.90 Å². The van der Waals surface area contributed by atoms with E-state index >= 15 is 0 Å². The molecule has 1 unspecified atom stereocenters. The van der Waals surface area contributed by atoms with Gasteiger partial charge in [0.15, 0.2) is 0 Å². The second kappa shape index (κ2) is 8.85. The Bertz CT molecular complexity index is 578. The van der Waals surface area contributed by atoms with Crippen LogP contribution in [-0.2, 0) is 14.3 Å². The van der Waals surface area contributed by atoms with Gasteiger partial charge >= 0.3 is 5.97 Å². The number of hydrogen-bond donors (Lipinski definition) is 1. The van der Waals surface area contributed by atoms with Gasteiger partial charge in [-0.05, 0) is 64.0 Å². The minimum atomic E-state index is -0.225. The van der Waals surface area contributed by atoms with Crippen LogP contribution < -0.4 is 10.2 Å². The van der Waals surface area contributed by atoms with Crippen molar-refractivity contribution in [2.45, 2.75) is 32.7 Å². The van der Waals surface area contributed by atoms with Gasteiger partial charge in [-0.3, -0.25) is 14.5 Å². The number of anilines is 2. The van der Waals surface area contributed by atoms with Crippen molar-refractivity contribution in [3.8, 4) is 0 Å². The molecule has 1 N–H and O–H groups in total. The molecule has 25 heavy (non-hydrogen) atoms. The van der Waals surface area contributed by atoms with E-state index in [2.05, 4.69) is 10.2 Å². The van der Waals surface area contributed by atoms with Crippen molar-refractivity contribution >= 4 is 23.3 Å². The quantitative estimate of drug-likeness (QED) is 0.801. The maximum absolute atomic E-state index is 12.5. The van der Waals surface area contributed by atoms with E-state index < -0.39 is 0 Å². The van der Waals surface area contributed by atoms with E-state index in [4.69, 9.17) is 4.74 Å². The molecule has 1 saturated heterocycles. The molecule has 6 heteroatoms. The highest BCUT2D eigenvalue weighted by molar-refractivity contribution is 5.94. The molecule has 1 fully saturated rings. The Balaban J connectivity index is 1.85. The molecule has 1 aliphatic heterocycles. The smallest absolute Gasteiger partial charge is 0.309 e. The molecular weight excluding hydrogens is 318 g/mol. The van der Waals surface area contributed by atoms with Gasteiger partial charge < -0.3 is 15.0 Å². The molecule has 1 amide bonds. The fourth-order valence-corrected chi connectivity index (χ4v) is 3.04. The molecule has 1 heterocycles. The highest BCUT2D eigenvalue weighted by atomic mass is 16.5. The Hall–Kier alpha value is -2.08. The van der Waals surface area contributed by atoms with Crippen LogP contribution in [0.25, 0.3) is 0 Å². The first kappa shape index (κ1) is 19.2. The van der Waals surface area contributed by atoms with Crippen molar-refractivity contribution in [3.05, 3.63) is 24.3 Å². The summed E-state index contributed by atoms with van der Waals surface area (Å²) in [6.07, 6.45) is 1.49. The molecule has 6 nitrogen and oxygen atoms in total. The first-order valence-electron chi connectivity index (χ1n) is 8.91. The van der Waals surface area contributed by atoms with Gasteiger partial charge in [-0.15, -0.1) is 0 Å². The van der Waals surface area contributed by atoms with Crippen LogP contribution in [0, 0.1) is 5.92 Å². The molecule has 1 aromatic carbocycles. The Morgan fingerprint density at radius 1 is 1.24 bits per heavy atom. The van der Waals surface area contributed by atoms with Gasteiger partial charge in [0.25, 0.3) is 0 Å². The summed E-state index contributed by atoms with van der Waals surface area (Å²) >= 11 is 0. The number of benzene rings is 1. The lowest BCUT2D eigenvalue weighted by molar-refractivity contribution is -0.149. The molecule has 0 aliphatic carbocycles. The third-order valence-corrected chi connectivity index (χ3v) is 4.73. The number of ether oxygens (including phenoxy) is 1. The zero-order valence-corrected chi connectivity index (χ0v) is 15.6. The monoisotopic (exact) mass is 347 g/mol. The van der Waals surface area contributed by atoms with Crippen LogP contribution in [0.3, 0.4) is 0 Å². The van der Waals surface area contributed by atoms with Gasteiger partial charge in [0.1, 0.15) is 0 Å². The average Bonchev–Trinajstić information content (AvgIpc) is 2.61. The van der Waals surface area contributed by atoms with Crippen LogP contribution in [0.2, 0.25) is 0 Å². The van der Waals surface area contributed by atoms with Crippen LogP contribution in [0.1, 0.15) is 26.7 Å². The average molecular weight is 347 g/mol. The van der Waals surface area contributed by atoms with Crippen LogP contribution in [0.15, 0.2) is 24.3 Å². The highest BCUT2D eigenvalue weighted by Crippen LogP contribution is 2.21. The third kappa shape index (κ3) is 5.19. The standard InChI is InChI=1S/C19H29N3O3/c1-5-25-19(24)15-10-12-22(13-11-15)14(2)18(23)20-16-6-8-17(9-7-16)21(3)4/h6-9,14-15H,5,10-13H2,1-4H3,(H,20,23). The van der Waals surface area contributed by atoms with E-state index in [1.54, 1.807) is 0 Å². The maximum Gasteiger partial charge on any atom is 0.309 e. The number of hydrogen-bond acceptors (Lipinski definition) is 5. The summed E-state index contributed by atoms with van der Waals surface area (Å²) in [6, 6.07) is 7.55. The topological polar surface area (TPSA) is 61.9 Å². The van der Waals surface area contributed by atoms with E-state index in [0.717, 1.165) is 37.3 Å². The molecule has 138 valence electrons. The van der Waals surface area contributed by atoms with Crippen molar-refractivity contribution in [2.75, 3.05) is 44.0 Å². The van der Waals surface area contributed by atoms with Gasteiger partial charge in [-0.2, -0.15) is 0 Å². The van der Waals surface area contributed by atoms with E-state index in [1.165, 1.54) is 0 Å². The van der Waals surface area contributed by atoms with Crippen molar-refractivity contribution in [1.29, 1.82) is 0 Å². The Morgan fingerprint density at radius 2 is 1.84 bits per heavy atom. The molecule has 1 aliphatic rings. The summed E-state index contributed by atoms with van der Waals surface area (Å²) < 4.78 is 5.09. The van der Waals surface area contributed by atoms with Gasteiger partial charge in [0.05, 0.1) is 18.6 Å². The normalized spacial score (nSPS) is 17.0. The number of rotatable bonds is 6. The number of carbonyl (C=O) groups is 2. The SMILES string of the molecule is CCOC(=O)C1CCN(C(C)C(=O)Nc2ccc(N(C)C)cc2)CC1. The van der Waals surface area contributed by atoms with Crippen LogP contribution in [0.5, 0.6) is 0 Å². The molecule has 1 aromatic rings. The third-order valence-electron chi connectivity index (χ3n) is 4.73. The number of amides is 1. The first-order chi connectivity index (χ1) is 11.9. The van der Waals surface area contributed by atoms with E-state index in [1.807, 2.05) is 57.1 Å². The largest absolute Gasteiger partial charge is 0.466 e. The minimum Gasteiger partial charge on any atom is -0.466 e. The second-order valence-corrected chi connectivity index (χ2v) is 6.67. The molecule has 0 radical (unpaired) electrons. The van der Waals surface area contributed by atoms with E-state index in [0.29, 0.717) is 6.61 Å². The van der Waals surface area contributed by atoms with E-state index in [9.17, 15) is 9.59 Å². The number of nitrogens with zero attached hydrogens (tertiary/aromatic N) is 2. The maximum atomic E-state index is 12.5. The lowest BCUT2D eigenvalue weighted by atomic mass is 9.96. The number of likely N-dealkylation sites (tertiary alicyclic amines) is 1. The number of esters is 1.